The summed E-state index contributed by atoms with van der Waals surface area (Å²) in [5.74, 6) is 0.448. The molecule has 0 aliphatic heterocycles. The van der Waals surface area contributed by atoms with Crippen LogP contribution in [0.25, 0.3) is 0 Å². The Kier molecular flexibility index (Phi) is 5.00. The van der Waals surface area contributed by atoms with Crippen LogP contribution in [0.15, 0.2) is 6.20 Å². The van der Waals surface area contributed by atoms with Gasteiger partial charge in [0.2, 0.25) is 0 Å². The second kappa shape index (κ2) is 6.87. The average Bonchev–Trinajstić information content (AvgIpc) is 3.33. The highest BCUT2D eigenvalue weighted by Gasteiger charge is 2.37. The van der Waals surface area contributed by atoms with Crippen molar-refractivity contribution in [3.05, 3.63) is 17.5 Å². The van der Waals surface area contributed by atoms with Gasteiger partial charge in [0.25, 0.3) is 5.91 Å². The van der Waals surface area contributed by atoms with Gasteiger partial charge in [-0.3, -0.25) is 9.48 Å². The topological polar surface area (TPSA) is 67.2 Å². The third-order valence-corrected chi connectivity index (χ3v) is 5.98. The molecule has 24 heavy (non-hydrogen) atoms. The monoisotopic (exact) mass is 333 g/mol. The Labute approximate surface area is 144 Å². The number of nitrogens with zero attached hydrogens (tertiary/aromatic N) is 2. The Morgan fingerprint density at radius 3 is 2.83 bits per heavy atom. The third-order valence-electron chi connectivity index (χ3n) is 5.98. The minimum absolute atomic E-state index is 0.0366. The maximum atomic E-state index is 12.8. The van der Waals surface area contributed by atoms with Crippen molar-refractivity contribution in [2.45, 2.75) is 83.8 Å². The Balaban J connectivity index is 1.72. The van der Waals surface area contributed by atoms with Crippen molar-refractivity contribution in [1.82, 2.24) is 15.1 Å². The number of rotatable bonds is 6. The van der Waals surface area contributed by atoms with Gasteiger partial charge in [0.1, 0.15) is 0 Å². The van der Waals surface area contributed by atoms with E-state index in [1.807, 2.05) is 4.68 Å². The molecule has 1 heterocycles. The van der Waals surface area contributed by atoms with E-state index in [4.69, 9.17) is 0 Å². The first kappa shape index (κ1) is 17.5. The first-order valence-electron chi connectivity index (χ1n) is 9.50. The molecule has 1 amide bonds. The fourth-order valence-corrected chi connectivity index (χ4v) is 3.80. The lowest BCUT2D eigenvalue weighted by Gasteiger charge is -2.38. The maximum Gasteiger partial charge on any atom is 0.254 e. The van der Waals surface area contributed by atoms with Crippen molar-refractivity contribution in [2.24, 2.45) is 5.41 Å². The lowest BCUT2D eigenvalue weighted by molar-refractivity contribution is 0.00190. The first-order valence-corrected chi connectivity index (χ1v) is 9.50. The van der Waals surface area contributed by atoms with E-state index in [0.29, 0.717) is 18.5 Å². The number of aliphatic hydroxyl groups excluding tert-OH is 1. The number of hydrogen-bond donors (Lipinski definition) is 2. The van der Waals surface area contributed by atoms with Gasteiger partial charge in [-0.1, -0.05) is 26.7 Å². The minimum Gasteiger partial charge on any atom is -0.392 e. The SMILES string of the molecule is CCC(C)n1ncc(C(=O)NCC2(C)CCCCC2O)c1C1CC1. The summed E-state index contributed by atoms with van der Waals surface area (Å²) in [5, 5.41) is 17.9. The zero-order valence-corrected chi connectivity index (χ0v) is 15.2. The molecule has 5 nitrogen and oxygen atoms in total. The maximum absolute atomic E-state index is 12.8. The van der Waals surface area contributed by atoms with E-state index < -0.39 is 0 Å². The van der Waals surface area contributed by atoms with Gasteiger partial charge >= 0.3 is 0 Å². The molecule has 2 aliphatic rings. The summed E-state index contributed by atoms with van der Waals surface area (Å²) in [6, 6.07) is 0.319. The molecule has 2 N–H and O–H groups in total. The molecule has 1 aromatic rings. The number of carbonyl (C=O) groups excluding carboxylic acids is 1. The van der Waals surface area contributed by atoms with E-state index in [1.165, 1.54) is 0 Å². The van der Waals surface area contributed by atoms with Crippen LogP contribution in [-0.2, 0) is 0 Å². The molecule has 3 atom stereocenters. The normalized spacial score (nSPS) is 28.6. The zero-order valence-electron chi connectivity index (χ0n) is 15.2. The van der Waals surface area contributed by atoms with E-state index in [1.54, 1.807) is 6.20 Å². The van der Waals surface area contributed by atoms with E-state index in [-0.39, 0.29) is 17.4 Å². The van der Waals surface area contributed by atoms with Gasteiger partial charge in [0.05, 0.1) is 23.6 Å². The second-order valence-corrected chi connectivity index (χ2v) is 8.02. The lowest BCUT2D eigenvalue weighted by atomic mass is 9.73. The van der Waals surface area contributed by atoms with Crippen molar-refractivity contribution in [3.63, 3.8) is 0 Å². The van der Waals surface area contributed by atoms with Crippen molar-refractivity contribution < 1.29 is 9.90 Å². The first-order chi connectivity index (χ1) is 11.5. The number of amides is 1. The molecular weight excluding hydrogens is 302 g/mol. The lowest BCUT2D eigenvalue weighted by Crippen LogP contribution is -2.45. The van der Waals surface area contributed by atoms with Crippen molar-refractivity contribution in [2.75, 3.05) is 6.54 Å². The molecule has 134 valence electrons. The van der Waals surface area contributed by atoms with Gasteiger partial charge in [-0.05, 0) is 39.0 Å². The standard InChI is InChI=1S/C19H31N3O2/c1-4-13(2)22-17(14-8-9-14)15(11-21-22)18(24)20-12-19(3)10-6-5-7-16(19)23/h11,13-14,16,23H,4-10,12H2,1-3H3,(H,20,24). The molecule has 5 heteroatoms. The molecule has 2 fully saturated rings. The fourth-order valence-electron chi connectivity index (χ4n) is 3.80. The average molecular weight is 333 g/mol. The minimum atomic E-state index is -0.322. The number of aromatic nitrogens is 2. The molecule has 0 bridgehead atoms. The molecule has 0 spiro atoms. The summed E-state index contributed by atoms with van der Waals surface area (Å²) in [6.07, 6.45) is 8.74. The van der Waals surface area contributed by atoms with Crippen LogP contribution < -0.4 is 5.32 Å². The Hall–Kier alpha value is -1.36. The predicted octanol–water partition coefficient (Wildman–Crippen LogP) is 3.40. The highest BCUT2D eigenvalue weighted by molar-refractivity contribution is 5.95. The molecular formula is C19H31N3O2. The van der Waals surface area contributed by atoms with Crippen LogP contribution in [0, 0.1) is 5.41 Å². The van der Waals surface area contributed by atoms with Gasteiger partial charge < -0.3 is 10.4 Å². The highest BCUT2D eigenvalue weighted by Crippen LogP contribution is 2.43. The molecule has 1 aromatic heterocycles. The zero-order chi connectivity index (χ0) is 17.3. The second-order valence-electron chi connectivity index (χ2n) is 8.02. The Bertz CT molecular complexity index is 593. The largest absolute Gasteiger partial charge is 0.392 e. The third kappa shape index (κ3) is 3.37. The summed E-state index contributed by atoms with van der Waals surface area (Å²) in [4.78, 5) is 12.8. The highest BCUT2D eigenvalue weighted by atomic mass is 16.3. The molecule has 3 unspecified atom stereocenters. The van der Waals surface area contributed by atoms with Gasteiger partial charge in [-0.2, -0.15) is 5.10 Å². The number of aliphatic hydroxyl groups is 1. The van der Waals surface area contributed by atoms with Crippen LogP contribution in [0.4, 0.5) is 0 Å². The number of nitrogens with one attached hydrogen (secondary N) is 1. The van der Waals surface area contributed by atoms with Crippen molar-refractivity contribution in [1.29, 1.82) is 0 Å². The number of carbonyl (C=O) groups is 1. The van der Waals surface area contributed by atoms with E-state index >= 15 is 0 Å². The van der Waals surface area contributed by atoms with Gasteiger partial charge in [-0.15, -0.1) is 0 Å². The van der Waals surface area contributed by atoms with Crippen LogP contribution >= 0.6 is 0 Å². The van der Waals surface area contributed by atoms with Crippen LogP contribution in [-0.4, -0.2) is 33.4 Å². The fraction of sp³-hybridized carbons (Fsp3) is 0.789. The van der Waals surface area contributed by atoms with Crippen molar-refractivity contribution in [3.8, 4) is 0 Å². The molecule has 0 aromatic carbocycles. The van der Waals surface area contributed by atoms with Crippen LogP contribution in [0.1, 0.15) is 93.7 Å². The van der Waals surface area contributed by atoms with Gasteiger partial charge in [-0.25, -0.2) is 0 Å². The molecule has 2 saturated carbocycles. The quantitative estimate of drug-likeness (QED) is 0.838. The molecule has 0 radical (unpaired) electrons. The summed E-state index contributed by atoms with van der Waals surface area (Å²) in [6.45, 7) is 6.92. The number of hydrogen-bond acceptors (Lipinski definition) is 3. The Morgan fingerprint density at radius 1 is 1.46 bits per heavy atom. The summed E-state index contributed by atoms with van der Waals surface area (Å²) >= 11 is 0. The van der Waals surface area contributed by atoms with E-state index in [0.717, 1.165) is 56.2 Å². The van der Waals surface area contributed by atoms with E-state index in [9.17, 15) is 9.90 Å². The van der Waals surface area contributed by atoms with Crippen LogP contribution in [0.2, 0.25) is 0 Å². The molecule has 3 rings (SSSR count). The van der Waals surface area contributed by atoms with Gasteiger partial charge in [0, 0.05) is 23.9 Å². The Morgan fingerprint density at radius 2 is 2.21 bits per heavy atom. The summed E-state index contributed by atoms with van der Waals surface area (Å²) in [5.41, 5.74) is 1.63. The molecule has 0 saturated heterocycles. The van der Waals surface area contributed by atoms with Crippen molar-refractivity contribution >= 4 is 5.91 Å². The summed E-state index contributed by atoms with van der Waals surface area (Å²) < 4.78 is 2.05. The smallest absolute Gasteiger partial charge is 0.254 e. The van der Waals surface area contributed by atoms with E-state index in [2.05, 4.69) is 31.2 Å². The summed E-state index contributed by atoms with van der Waals surface area (Å²) in [7, 11) is 0. The predicted molar refractivity (Wildman–Crippen MR) is 94.1 cm³/mol. The van der Waals surface area contributed by atoms with Crippen LogP contribution in [0.3, 0.4) is 0 Å². The van der Waals surface area contributed by atoms with Crippen LogP contribution in [0.5, 0.6) is 0 Å². The van der Waals surface area contributed by atoms with Gasteiger partial charge in [0.15, 0.2) is 0 Å². The molecule has 2 aliphatic carbocycles.